The minimum absolute atomic E-state index is 0.976. The molecule has 0 radical (unpaired) electrons. The highest BCUT2D eigenvalue weighted by molar-refractivity contribution is 5.91. The zero-order chi connectivity index (χ0) is 13.2. The highest BCUT2D eigenvalue weighted by Crippen LogP contribution is 2.29. The van der Waals surface area contributed by atoms with Crippen molar-refractivity contribution in [1.29, 1.82) is 0 Å². The van der Waals surface area contributed by atoms with Gasteiger partial charge in [0.05, 0.1) is 0 Å². The average molecular weight is 254 g/mol. The first-order valence-electron chi connectivity index (χ1n) is 7.25. The molecule has 1 saturated heterocycles. The number of nitrogens with zero attached hydrogens (tertiary/aromatic N) is 1. The van der Waals surface area contributed by atoms with E-state index in [4.69, 9.17) is 5.73 Å². The van der Waals surface area contributed by atoms with Crippen LogP contribution in [0.15, 0.2) is 30.3 Å². The summed E-state index contributed by atoms with van der Waals surface area (Å²) in [7, 11) is 0. The van der Waals surface area contributed by atoms with Crippen molar-refractivity contribution in [2.75, 3.05) is 18.8 Å². The summed E-state index contributed by atoms with van der Waals surface area (Å²) >= 11 is 0. The van der Waals surface area contributed by atoms with E-state index in [-0.39, 0.29) is 0 Å². The number of aryl methyl sites for hydroxylation is 1. The van der Waals surface area contributed by atoms with Gasteiger partial charge < -0.3 is 5.73 Å². The van der Waals surface area contributed by atoms with Crippen LogP contribution >= 0.6 is 0 Å². The molecule has 1 fully saturated rings. The van der Waals surface area contributed by atoms with E-state index in [9.17, 15) is 0 Å². The van der Waals surface area contributed by atoms with Gasteiger partial charge in [0.15, 0.2) is 0 Å². The normalized spacial score (nSPS) is 16.9. The second kappa shape index (κ2) is 5.22. The number of anilines is 1. The van der Waals surface area contributed by atoms with Gasteiger partial charge in [0.2, 0.25) is 0 Å². The second-order valence-corrected chi connectivity index (χ2v) is 5.64. The predicted octanol–water partition coefficient (Wildman–Crippen LogP) is 3.72. The Morgan fingerprint density at radius 2 is 1.84 bits per heavy atom. The third-order valence-electron chi connectivity index (χ3n) is 4.24. The molecule has 0 atom stereocenters. The summed E-state index contributed by atoms with van der Waals surface area (Å²) in [6, 6.07) is 10.8. The fourth-order valence-electron chi connectivity index (χ4n) is 3.10. The molecule has 19 heavy (non-hydrogen) atoms. The first-order valence-corrected chi connectivity index (χ1v) is 7.25. The maximum absolute atomic E-state index is 6.34. The van der Waals surface area contributed by atoms with Crippen molar-refractivity contribution in [2.24, 2.45) is 0 Å². The number of benzene rings is 2. The number of nitrogen functional groups attached to an aromatic ring is 1. The molecule has 3 rings (SSSR count). The molecule has 1 aliphatic heterocycles. The SMILES string of the molecule is Cc1cc2ccccc2c(CN2CCCCC2)c1N. The molecule has 0 bridgehead atoms. The summed E-state index contributed by atoms with van der Waals surface area (Å²) in [5.41, 5.74) is 9.83. The molecular weight excluding hydrogens is 232 g/mol. The Hall–Kier alpha value is -1.54. The molecule has 0 spiro atoms. The Labute approximate surface area is 115 Å². The van der Waals surface area contributed by atoms with E-state index in [0.29, 0.717) is 0 Å². The summed E-state index contributed by atoms with van der Waals surface area (Å²) in [5.74, 6) is 0. The molecule has 100 valence electrons. The summed E-state index contributed by atoms with van der Waals surface area (Å²) in [4.78, 5) is 2.54. The summed E-state index contributed by atoms with van der Waals surface area (Å²) in [5, 5.41) is 2.62. The predicted molar refractivity (Wildman–Crippen MR) is 82.2 cm³/mol. The molecule has 2 nitrogen and oxygen atoms in total. The highest BCUT2D eigenvalue weighted by atomic mass is 15.1. The number of likely N-dealkylation sites (tertiary alicyclic amines) is 1. The van der Waals surface area contributed by atoms with Crippen LogP contribution in [0.4, 0.5) is 5.69 Å². The van der Waals surface area contributed by atoms with E-state index >= 15 is 0 Å². The Balaban J connectivity index is 2.02. The molecule has 2 N–H and O–H groups in total. The Bertz CT molecular complexity index is 583. The Morgan fingerprint density at radius 3 is 2.63 bits per heavy atom. The van der Waals surface area contributed by atoms with Crippen LogP contribution in [0, 0.1) is 6.92 Å². The smallest absolute Gasteiger partial charge is 0.0395 e. The second-order valence-electron chi connectivity index (χ2n) is 5.64. The number of rotatable bonds is 2. The van der Waals surface area contributed by atoms with Crippen molar-refractivity contribution in [1.82, 2.24) is 4.90 Å². The molecule has 1 aliphatic rings. The first-order chi connectivity index (χ1) is 9.25. The fourth-order valence-corrected chi connectivity index (χ4v) is 3.10. The van der Waals surface area contributed by atoms with Crippen molar-refractivity contribution in [2.45, 2.75) is 32.7 Å². The van der Waals surface area contributed by atoms with Gasteiger partial charge in [-0.15, -0.1) is 0 Å². The molecule has 0 amide bonds. The number of fused-ring (bicyclic) bond motifs is 1. The van der Waals surface area contributed by atoms with Crippen LogP contribution in [0.2, 0.25) is 0 Å². The van der Waals surface area contributed by atoms with Crippen molar-refractivity contribution < 1.29 is 0 Å². The summed E-state index contributed by atoms with van der Waals surface area (Å²) < 4.78 is 0. The molecule has 0 aromatic heterocycles. The van der Waals surface area contributed by atoms with Crippen molar-refractivity contribution in [3.8, 4) is 0 Å². The van der Waals surface area contributed by atoms with Gasteiger partial charge in [-0.05, 0) is 60.8 Å². The van der Waals surface area contributed by atoms with Crippen LogP contribution in [0.1, 0.15) is 30.4 Å². The largest absolute Gasteiger partial charge is 0.398 e. The van der Waals surface area contributed by atoms with Crippen LogP contribution in [0.25, 0.3) is 10.8 Å². The van der Waals surface area contributed by atoms with Crippen LogP contribution < -0.4 is 5.73 Å². The zero-order valence-electron chi connectivity index (χ0n) is 11.7. The quantitative estimate of drug-likeness (QED) is 0.828. The van der Waals surface area contributed by atoms with Gasteiger partial charge in [0.1, 0.15) is 0 Å². The lowest BCUT2D eigenvalue weighted by Crippen LogP contribution is -2.29. The van der Waals surface area contributed by atoms with Gasteiger partial charge in [-0.2, -0.15) is 0 Å². The van der Waals surface area contributed by atoms with Crippen LogP contribution in [-0.2, 0) is 6.54 Å². The lowest BCUT2D eigenvalue weighted by atomic mass is 9.98. The van der Waals surface area contributed by atoms with E-state index in [1.807, 2.05) is 0 Å². The third-order valence-corrected chi connectivity index (χ3v) is 4.24. The van der Waals surface area contributed by atoms with Crippen molar-refractivity contribution in [3.63, 3.8) is 0 Å². The standard InChI is InChI=1S/C17H22N2/c1-13-11-14-7-3-4-8-15(14)16(17(13)18)12-19-9-5-2-6-10-19/h3-4,7-8,11H,2,5-6,9-10,12,18H2,1H3. The number of hydrogen-bond donors (Lipinski definition) is 1. The Kier molecular flexibility index (Phi) is 3.43. The molecule has 2 heteroatoms. The van der Waals surface area contributed by atoms with E-state index in [0.717, 1.165) is 12.2 Å². The van der Waals surface area contributed by atoms with Crippen molar-refractivity contribution >= 4 is 16.5 Å². The van der Waals surface area contributed by atoms with Crippen molar-refractivity contribution in [3.05, 3.63) is 41.5 Å². The number of nitrogens with two attached hydrogens (primary N) is 1. The van der Waals surface area contributed by atoms with Gasteiger partial charge in [0.25, 0.3) is 0 Å². The Morgan fingerprint density at radius 1 is 1.11 bits per heavy atom. The van der Waals surface area contributed by atoms with Gasteiger partial charge in [-0.3, -0.25) is 4.90 Å². The summed E-state index contributed by atoms with van der Waals surface area (Å²) in [6.07, 6.45) is 4.02. The molecule has 2 aromatic carbocycles. The third kappa shape index (κ3) is 2.45. The van der Waals surface area contributed by atoms with Gasteiger partial charge in [-0.25, -0.2) is 0 Å². The molecule has 0 saturated carbocycles. The highest BCUT2D eigenvalue weighted by Gasteiger charge is 2.15. The number of piperidine rings is 1. The molecule has 1 heterocycles. The maximum atomic E-state index is 6.34. The molecule has 0 unspecified atom stereocenters. The summed E-state index contributed by atoms with van der Waals surface area (Å²) in [6.45, 7) is 5.53. The number of hydrogen-bond acceptors (Lipinski definition) is 2. The lowest BCUT2D eigenvalue weighted by Gasteiger charge is -2.28. The van der Waals surface area contributed by atoms with Crippen LogP contribution in [-0.4, -0.2) is 18.0 Å². The topological polar surface area (TPSA) is 29.3 Å². The molecule has 0 aliphatic carbocycles. The van der Waals surface area contributed by atoms with E-state index < -0.39 is 0 Å². The minimum Gasteiger partial charge on any atom is -0.398 e. The monoisotopic (exact) mass is 254 g/mol. The zero-order valence-corrected chi connectivity index (χ0v) is 11.7. The van der Waals surface area contributed by atoms with E-state index in [2.05, 4.69) is 42.2 Å². The average Bonchev–Trinajstić information content (AvgIpc) is 2.45. The van der Waals surface area contributed by atoms with Gasteiger partial charge >= 0.3 is 0 Å². The van der Waals surface area contributed by atoms with Crippen LogP contribution in [0.3, 0.4) is 0 Å². The van der Waals surface area contributed by atoms with Gasteiger partial charge in [-0.1, -0.05) is 30.7 Å². The lowest BCUT2D eigenvalue weighted by molar-refractivity contribution is 0.222. The molecule has 2 aromatic rings. The van der Waals surface area contributed by atoms with E-state index in [1.54, 1.807) is 0 Å². The molecular formula is C17H22N2. The van der Waals surface area contributed by atoms with Crippen LogP contribution in [0.5, 0.6) is 0 Å². The minimum atomic E-state index is 0.976. The fraction of sp³-hybridized carbons (Fsp3) is 0.412. The van der Waals surface area contributed by atoms with Gasteiger partial charge in [0, 0.05) is 12.2 Å². The van der Waals surface area contributed by atoms with E-state index in [1.165, 1.54) is 54.3 Å². The maximum Gasteiger partial charge on any atom is 0.0395 e. The first kappa shape index (κ1) is 12.5.